The molecule has 1 aliphatic heterocycles. The van der Waals surface area contributed by atoms with Crippen LogP contribution in [0.5, 0.6) is 0 Å². The van der Waals surface area contributed by atoms with Crippen molar-refractivity contribution in [3.63, 3.8) is 0 Å². The van der Waals surface area contributed by atoms with Gasteiger partial charge in [-0.2, -0.15) is 11.3 Å². The topological polar surface area (TPSA) is 25.2 Å². The van der Waals surface area contributed by atoms with Crippen LogP contribution >= 0.6 is 11.3 Å². The second-order valence-electron chi connectivity index (χ2n) is 4.56. The third-order valence-electron chi connectivity index (χ3n) is 3.58. The van der Waals surface area contributed by atoms with Crippen molar-refractivity contribution >= 4 is 17.2 Å². The van der Waals surface area contributed by atoms with Gasteiger partial charge in [-0.25, -0.2) is 0 Å². The second-order valence-corrected chi connectivity index (χ2v) is 5.34. The Morgan fingerprint density at radius 1 is 1.44 bits per heavy atom. The van der Waals surface area contributed by atoms with Crippen molar-refractivity contribution in [3.8, 4) is 0 Å². The van der Waals surface area contributed by atoms with E-state index in [-0.39, 0.29) is 11.9 Å². The molecule has 1 amide bonds. The average molecular weight is 260 g/mol. The zero-order valence-electron chi connectivity index (χ0n) is 10.4. The molecule has 1 atom stereocenters. The van der Waals surface area contributed by atoms with Crippen LogP contribution in [0.1, 0.15) is 35.4 Å². The highest BCUT2D eigenvalue weighted by molar-refractivity contribution is 7.08. The van der Waals surface area contributed by atoms with Crippen LogP contribution < -0.4 is 0 Å². The Morgan fingerprint density at radius 3 is 3.06 bits per heavy atom. The molecule has 0 spiro atoms. The molecule has 1 aliphatic rings. The summed E-state index contributed by atoms with van der Waals surface area (Å²) >= 11 is 1.58. The van der Waals surface area contributed by atoms with Gasteiger partial charge in [0, 0.05) is 30.4 Å². The molecular weight excluding hydrogens is 244 g/mol. The minimum atomic E-state index is 0.163. The second kappa shape index (κ2) is 4.61. The van der Waals surface area contributed by atoms with E-state index in [1.165, 1.54) is 5.69 Å². The predicted molar refractivity (Wildman–Crippen MR) is 72.8 cm³/mol. The highest BCUT2D eigenvalue weighted by atomic mass is 32.1. The average Bonchev–Trinajstić information content (AvgIpc) is 3.06. The number of thiophene rings is 1. The van der Waals surface area contributed by atoms with Gasteiger partial charge in [0.05, 0.1) is 11.6 Å². The van der Waals surface area contributed by atoms with E-state index in [1.54, 1.807) is 11.3 Å². The zero-order chi connectivity index (χ0) is 12.5. The van der Waals surface area contributed by atoms with Crippen LogP contribution in [0.15, 0.2) is 35.2 Å². The van der Waals surface area contributed by atoms with Gasteiger partial charge in [-0.05, 0) is 30.0 Å². The molecule has 0 aromatic carbocycles. The summed E-state index contributed by atoms with van der Waals surface area (Å²) in [7, 11) is 0. The van der Waals surface area contributed by atoms with E-state index in [0.29, 0.717) is 0 Å². The standard InChI is InChI=1S/C14H16N2OS/c1-2-12-13-4-3-6-15(13)7-8-16(12)14(17)11-5-9-18-10-11/h3-6,9-10,12H,2,7-8H2,1H3. The van der Waals surface area contributed by atoms with Crippen LogP contribution in [0, 0.1) is 0 Å². The summed E-state index contributed by atoms with van der Waals surface area (Å²) < 4.78 is 2.26. The summed E-state index contributed by atoms with van der Waals surface area (Å²) in [4.78, 5) is 14.5. The molecule has 0 fully saturated rings. The zero-order valence-corrected chi connectivity index (χ0v) is 11.2. The number of amides is 1. The highest BCUT2D eigenvalue weighted by Gasteiger charge is 2.30. The lowest BCUT2D eigenvalue weighted by atomic mass is 10.1. The van der Waals surface area contributed by atoms with Gasteiger partial charge in [-0.3, -0.25) is 4.79 Å². The lowest BCUT2D eigenvalue weighted by Crippen LogP contribution is -2.41. The molecule has 4 heteroatoms. The van der Waals surface area contributed by atoms with E-state index < -0.39 is 0 Å². The summed E-state index contributed by atoms with van der Waals surface area (Å²) in [6, 6.07) is 6.31. The molecule has 2 aromatic heterocycles. The van der Waals surface area contributed by atoms with Crippen LogP contribution in [0.2, 0.25) is 0 Å². The molecule has 2 aromatic rings. The molecule has 0 saturated heterocycles. The number of hydrogen-bond acceptors (Lipinski definition) is 2. The van der Waals surface area contributed by atoms with Gasteiger partial charge in [0.1, 0.15) is 0 Å². The largest absolute Gasteiger partial charge is 0.348 e. The minimum absolute atomic E-state index is 0.163. The summed E-state index contributed by atoms with van der Waals surface area (Å²) in [6.07, 6.45) is 3.06. The Balaban J connectivity index is 1.92. The van der Waals surface area contributed by atoms with Crippen LogP contribution in [0.3, 0.4) is 0 Å². The van der Waals surface area contributed by atoms with Gasteiger partial charge in [0.15, 0.2) is 0 Å². The van der Waals surface area contributed by atoms with E-state index in [2.05, 4.69) is 29.8 Å². The third-order valence-corrected chi connectivity index (χ3v) is 4.26. The maximum Gasteiger partial charge on any atom is 0.255 e. The third kappa shape index (κ3) is 1.77. The number of carbonyl (C=O) groups is 1. The molecule has 1 unspecified atom stereocenters. The minimum Gasteiger partial charge on any atom is -0.348 e. The molecule has 3 heterocycles. The van der Waals surface area contributed by atoms with Gasteiger partial charge in [-0.1, -0.05) is 6.92 Å². The molecule has 0 aliphatic carbocycles. The van der Waals surface area contributed by atoms with E-state index in [1.807, 2.05) is 21.7 Å². The highest BCUT2D eigenvalue weighted by Crippen LogP contribution is 2.30. The Bertz CT molecular complexity index is 544. The Morgan fingerprint density at radius 2 is 2.33 bits per heavy atom. The number of aromatic nitrogens is 1. The maximum atomic E-state index is 12.5. The van der Waals surface area contributed by atoms with Gasteiger partial charge in [-0.15, -0.1) is 0 Å². The fourth-order valence-electron chi connectivity index (χ4n) is 2.69. The molecule has 0 saturated carbocycles. The molecule has 18 heavy (non-hydrogen) atoms. The number of fused-ring (bicyclic) bond motifs is 1. The van der Waals surface area contributed by atoms with Crippen molar-refractivity contribution in [3.05, 3.63) is 46.4 Å². The van der Waals surface area contributed by atoms with Crippen molar-refractivity contribution in [2.75, 3.05) is 6.54 Å². The Hall–Kier alpha value is -1.55. The fraction of sp³-hybridized carbons (Fsp3) is 0.357. The predicted octanol–water partition coefficient (Wildman–Crippen LogP) is 3.16. The van der Waals surface area contributed by atoms with E-state index in [9.17, 15) is 4.79 Å². The van der Waals surface area contributed by atoms with Crippen LogP contribution in [0.25, 0.3) is 0 Å². The molecule has 94 valence electrons. The van der Waals surface area contributed by atoms with E-state index in [0.717, 1.165) is 25.1 Å². The van der Waals surface area contributed by atoms with Crippen molar-refractivity contribution in [1.82, 2.24) is 9.47 Å². The van der Waals surface area contributed by atoms with E-state index in [4.69, 9.17) is 0 Å². The fourth-order valence-corrected chi connectivity index (χ4v) is 3.32. The summed E-state index contributed by atoms with van der Waals surface area (Å²) in [6.45, 7) is 3.84. The molecular formula is C14H16N2OS. The Kier molecular flexibility index (Phi) is 2.96. The number of hydrogen-bond donors (Lipinski definition) is 0. The Labute approximate surface area is 111 Å². The molecule has 3 rings (SSSR count). The lowest BCUT2D eigenvalue weighted by molar-refractivity contribution is 0.0618. The van der Waals surface area contributed by atoms with Crippen molar-refractivity contribution in [2.45, 2.75) is 25.9 Å². The van der Waals surface area contributed by atoms with Crippen molar-refractivity contribution < 1.29 is 4.79 Å². The first-order valence-corrected chi connectivity index (χ1v) is 7.23. The van der Waals surface area contributed by atoms with Gasteiger partial charge < -0.3 is 9.47 Å². The van der Waals surface area contributed by atoms with Crippen LogP contribution in [-0.4, -0.2) is 21.9 Å². The van der Waals surface area contributed by atoms with Crippen molar-refractivity contribution in [2.24, 2.45) is 0 Å². The monoisotopic (exact) mass is 260 g/mol. The summed E-state index contributed by atoms with van der Waals surface area (Å²) in [5, 5.41) is 3.89. The first-order chi connectivity index (χ1) is 8.81. The van der Waals surface area contributed by atoms with Gasteiger partial charge in [0.2, 0.25) is 0 Å². The summed E-state index contributed by atoms with van der Waals surface area (Å²) in [5.74, 6) is 0.163. The van der Waals surface area contributed by atoms with Crippen molar-refractivity contribution in [1.29, 1.82) is 0 Å². The quantitative estimate of drug-likeness (QED) is 0.814. The molecule has 0 bridgehead atoms. The lowest BCUT2D eigenvalue weighted by Gasteiger charge is -2.36. The van der Waals surface area contributed by atoms with Gasteiger partial charge in [0.25, 0.3) is 5.91 Å². The number of carbonyl (C=O) groups excluding carboxylic acids is 1. The molecule has 0 N–H and O–H groups in total. The van der Waals surface area contributed by atoms with E-state index >= 15 is 0 Å². The smallest absolute Gasteiger partial charge is 0.255 e. The first-order valence-electron chi connectivity index (χ1n) is 6.29. The number of rotatable bonds is 2. The van der Waals surface area contributed by atoms with Gasteiger partial charge >= 0.3 is 0 Å². The molecule has 0 radical (unpaired) electrons. The number of nitrogens with zero attached hydrogens (tertiary/aromatic N) is 2. The molecule has 3 nitrogen and oxygen atoms in total. The van der Waals surface area contributed by atoms with Crippen LogP contribution in [0.4, 0.5) is 0 Å². The first kappa shape index (κ1) is 11.5. The SMILES string of the molecule is CCC1c2cccn2CCN1C(=O)c1ccsc1. The maximum absolute atomic E-state index is 12.5. The normalized spacial score (nSPS) is 18.7. The summed E-state index contributed by atoms with van der Waals surface area (Å²) in [5.41, 5.74) is 2.07. The van der Waals surface area contributed by atoms with Crippen LogP contribution in [-0.2, 0) is 6.54 Å².